The van der Waals surface area contributed by atoms with Crippen molar-refractivity contribution >= 4 is 32.1 Å². The first-order chi connectivity index (χ1) is 9.54. The fraction of sp³-hybridized carbons (Fsp3) is 0.545. The molecule has 0 atom stereocenters. The lowest BCUT2D eigenvalue weighted by molar-refractivity contribution is 0.196. The third kappa shape index (κ3) is 2.10. The van der Waals surface area contributed by atoms with Crippen molar-refractivity contribution in [2.45, 2.75) is 11.9 Å². The molecule has 0 bridgehead atoms. The normalized spacial score (nSPS) is 18.9. The van der Waals surface area contributed by atoms with E-state index in [1.54, 1.807) is 16.0 Å². The number of likely N-dealkylation sites (N-methyl/N-ethyl adjacent to an activating group) is 1. The number of rotatable bonds is 3. The lowest BCUT2D eigenvalue weighted by atomic mass is 10.4. The van der Waals surface area contributed by atoms with Crippen LogP contribution in [-0.2, 0) is 10.0 Å². The van der Waals surface area contributed by atoms with Gasteiger partial charge in [0.05, 0.1) is 0 Å². The minimum atomic E-state index is -3.59. The van der Waals surface area contributed by atoms with E-state index < -0.39 is 10.0 Å². The Morgan fingerprint density at radius 2 is 2.05 bits per heavy atom. The fourth-order valence-electron chi connectivity index (χ4n) is 2.45. The van der Waals surface area contributed by atoms with Gasteiger partial charge in [-0.15, -0.1) is 11.3 Å². The van der Waals surface area contributed by atoms with E-state index in [4.69, 9.17) is 5.73 Å². The third-order valence-electron chi connectivity index (χ3n) is 3.61. The minimum absolute atomic E-state index is 0.0785. The number of imidazole rings is 1. The topological polar surface area (TPSA) is 83.9 Å². The van der Waals surface area contributed by atoms with E-state index in [2.05, 4.69) is 16.8 Å². The van der Waals surface area contributed by atoms with E-state index in [9.17, 15) is 8.42 Å². The van der Waals surface area contributed by atoms with E-state index in [1.165, 1.54) is 15.6 Å². The number of nitrogens with zero attached hydrogens (tertiary/aromatic N) is 4. The molecule has 1 aliphatic heterocycles. The molecular weight excluding hydrogens is 298 g/mol. The first-order valence-corrected chi connectivity index (χ1v) is 8.79. The molecule has 3 rings (SSSR count). The van der Waals surface area contributed by atoms with Gasteiger partial charge >= 0.3 is 0 Å². The van der Waals surface area contributed by atoms with Crippen LogP contribution in [0.3, 0.4) is 0 Å². The maximum atomic E-state index is 12.7. The molecule has 2 aromatic heterocycles. The van der Waals surface area contributed by atoms with E-state index in [0.29, 0.717) is 18.1 Å². The molecule has 20 heavy (non-hydrogen) atoms. The summed E-state index contributed by atoms with van der Waals surface area (Å²) in [4.78, 5) is 6.94. The molecule has 0 saturated carbocycles. The Balaban J connectivity index is 1.96. The monoisotopic (exact) mass is 315 g/mol. The summed E-state index contributed by atoms with van der Waals surface area (Å²) >= 11 is 1.37. The Hall–Kier alpha value is -1.16. The summed E-state index contributed by atoms with van der Waals surface area (Å²) in [5.41, 5.74) is 5.80. The first-order valence-electron chi connectivity index (χ1n) is 6.47. The second-order valence-corrected chi connectivity index (χ2v) is 7.42. The number of aromatic nitrogens is 2. The Morgan fingerprint density at radius 1 is 1.35 bits per heavy atom. The van der Waals surface area contributed by atoms with Crippen LogP contribution in [0.1, 0.15) is 6.92 Å². The van der Waals surface area contributed by atoms with E-state index in [-0.39, 0.29) is 10.8 Å². The van der Waals surface area contributed by atoms with Crippen LogP contribution in [0.25, 0.3) is 4.96 Å². The van der Waals surface area contributed by atoms with Crippen LogP contribution in [0.2, 0.25) is 0 Å². The zero-order valence-electron chi connectivity index (χ0n) is 11.2. The number of nitrogen functional groups attached to an aromatic ring is 1. The van der Waals surface area contributed by atoms with Gasteiger partial charge in [-0.3, -0.25) is 4.40 Å². The molecular formula is C11H17N5O2S2. The summed E-state index contributed by atoms with van der Waals surface area (Å²) in [5.74, 6) is 0.0785. The molecule has 0 aliphatic carbocycles. The summed E-state index contributed by atoms with van der Waals surface area (Å²) in [5, 5.41) is 1.90. The van der Waals surface area contributed by atoms with E-state index >= 15 is 0 Å². The van der Waals surface area contributed by atoms with Crippen molar-refractivity contribution in [3.8, 4) is 0 Å². The van der Waals surface area contributed by atoms with Gasteiger partial charge in [0.25, 0.3) is 10.0 Å². The minimum Gasteiger partial charge on any atom is -0.381 e. The maximum absolute atomic E-state index is 12.7. The molecule has 1 saturated heterocycles. The van der Waals surface area contributed by atoms with Crippen LogP contribution in [-0.4, -0.2) is 59.7 Å². The zero-order valence-corrected chi connectivity index (χ0v) is 12.8. The van der Waals surface area contributed by atoms with Crippen molar-refractivity contribution in [2.75, 3.05) is 38.5 Å². The molecule has 3 heterocycles. The van der Waals surface area contributed by atoms with Crippen molar-refractivity contribution in [3.63, 3.8) is 0 Å². The van der Waals surface area contributed by atoms with Crippen LogP contribution in [0.5, 0.6) is 0 Å². The average molecular weight is 315 g/mol. The van der Waals surface area contributed by atoms with Crippen LogP contribution < -0.4 is 5.73 Å². The van der Waals surface area contributed by atoms with Crippen molar-refractivity contribution in [3.05, 3.63) is 11.6 Å². The average Bonchev–Trinajstić information content (AvgIpc) is 2.98. The van der Waals surface area contributed by atoms with Gasteiger partial charge in [0.2, 0.25) is 0 Å². The molecule has 110 valence electrons. The van der Waals surface area contributed by atoms with Crippen molar-refractivity contribution in [2.24, 2.45) is 0 Å². The summed E-state index contributed by atoms with van der Waals surface area (Å²) in [7, 11) is -3.59. The number of nitrogens with two attached hydrogens (primary N) is 1. The number of hydrogen-bond donors (Lipinski definition) is 1. The SMILES string of the molecule is CCN1CCN(S(=O)(=O)c2c(N)nc3sccn23)CC1. The quantitative estimate of drug-likeness (QED) is 0.881. The predicted octanol–water partition coefficient (Wildman–Crippen LogP) is 0.304. The number of hydrogen-bond acceptors (Lipinski definition) is 6. The van der Waals surface area contributed by atoms with E-state index in [0.717, 1.165) is 19.6 Å². The molecule has 0 spiro atoms. The molecule has 0 radical (unpaired) electrons. The second kappa shape index (κ2) is 4.99. The number of anilines is 1. The summed E-state index contributed by atoms with van der Waals surface area (Å²) in [6.07, 6.45) is 1.69. The van der Waals surface area contributed by atoms with Gasteiger partial charge in [-0.2, -0.15) is 4.31 Å². The maximum Gasteiger partial charge on any atom is 0.262 e. The highest BCUT2D eigenvalue weighted by Gasteiger charge is 2.33. The van der Waals surface area contributed by atoms with E-state index in [1.807, 2.05) is 0 Å². The first kappa shape index (κ1) is 13.8. The fourth-order valence-corrected chi connectivity index (χ4v) is 4.82. The molecule has 0 aromatic carbocycles. The smallest absolute Gasteiger partial charge is 0.262 e. The molecule has 2 N–H and O–H groups in total. The highest BCUT2D eigenvalue weighted by atomic mass is 32.2. The molecule has 1 aliphatic rings. The summed E-state index contributed by atoms with van der Waals surface area (Å²) in [6, 6.07) is 0. The molecule has 2 aromatic rings. The highest BCUT2D eigenvalue weighted by molar-refractivity contribution is 7.89. The Morgan fingerprint density at radius 3 is 2.70 bits per heavy atom. The predicted molar refractivity (Wildman–Crippen MR) is 78.4 cm³/mol. The van der Waals surface area contributed by atoms with Crippen LogP contribution in [0, 0.1) is 0 Å². The van der Waals surface area contributed by atoms with Crippen molar-refractivity contribution in [1.29, 1.82) is 0 Å². The van der Waals surface area contributed by atoms with Crippen LogP contribution in [0.4, 0.5) is 5.82 Å². The van der Waals surface area contributed by atoms with Gasteiger partial charge in [-0.1, -0.05) is 6.92 Å². The molecule has 9 heteroatoms. The Bertz CT molecular complexity index is 712. The van der Waals surface area contributed by atoms with Crippen molar-refractivity contribution < 1.29 is 8.42 Å². The second-order valence-electron chi connectivity index (χ2n) is 4.70. The third-order valence-corrected chi connectivity index (χ3v) is 6.30. The summed E-state index contributed by atoms with van der Waals surface area (Å²) in [6.45, 7) is 5.51. The van der Waals surface area contributed by atoms with Crippen molar-refractivity contribution in [1.82, 2.24) is 18.6 Å². The van der Waals surface area contributed by atoms with Gasteiger partial charge < -0.3 is 10.6 Å². The Kier molecular flexibility index (Phi) is 3.44. The number of sulfonamides is 1. The lowest BCUT2D eigenvalue weighted by Crippen LogP contribution is -2.48. The number of fused-ring (bicyclic) bond motifs is 1. The van der Waals surface area contributed by atoms with Crippen LogP contribution >= 0.6 is 11.3 Å². The Labute approximate surface area is 121 Å². The molecule has 1 fully saturated rings. The molecule has 7 nitrogen and oxygen atoms in total. The number of piperazine rings is 1. The molecule has 0 amide bonds. The highest BCUT2D eigenvalue weighted by Crippen LogP contribution is 2.26. The van der Waals surface area contributed by atoms with Gasteiger partial charge in [-0.05, 0) is 6.54 Å². The number of thiazole rings is 1. The zero-order chi connectivity index (χ0) is 14.3. The standard InChI is InChI=1S/C11H17N5O2S2/c1-2-14-3-5-15(6-4-14)20(17,18)10-9(12)13-11-16(10)7-8-19-11/h7-8H,2-6,12H2,1H3. The van der Waals surface area contributed by atoms with Gasteiger partial charge in [0.1, 0.15) is 0 Å². The summed E-state index contributed by atoms with van der Waals surface area (Å²) < 4.78 is 28.5. The van der Waals surface area contributed by atoms with Gasteiger partial charge in [0, 0.05) is 37.8 Å². The van der Waals surface area contributed by atoms with Gasteiger partial charge in [-0.25, -0.2) is 13.4 Å². The lowest BCUT2D eigenvalue weighted by Gasteiger charge is -2.32. The largest absolute Gasteiger partial charge is 0.381 e. The van der Waals surface area contributed by atoms with Gasteiger partial charge in [0.15, 0.2) is 15.8 Å². The van der Waals surface area contributed by atoms with Crippen LogP contribution in [0.15, 0.2) is 16.6 Å². The molecule has 0 unspecified atom stereocenters.